The Hall–Kier alpha value is -0.480. The van der Waals surface area contributed by atoms with Crippen LogP contribution in [-0.2, 0) is 0 Å². The number of thiol groups is 1. The van der Waals surface area contributed by atoms with Gasteiger partial charge in [0.1, 0.15) is 0 Å². The summed E-state index contributed by atoms with van der Waals surface area (Å²) in [4.78, 5) is 0. The molecule has 1 saturated heterocycles. The van der Waals surface area contributed by atoms with Gasteiger partial charge in [-0.15, -0.1) is 0 Å². The molecule has 0 aromatic carbocycles. The van der Waals surface area contributed by atoms with Crippen LogP contribution in [0, 0.1) is 0 Å². The molecular weight excluding hydrogens is 170 g/mol. The molecule has 3 nitrogen and oxygen atoms in total. The summed E-state index contributed by atoms with van der Waals surface area (Å²) >= 11 is 4.30. The third-order valence-corrected chi connectivity index (χ3v) is 2.74. The molecule has 1 aromatic rings. The fourth-order valence-corrected chi connectivity index (χ4v) is 1.84. The molecule has 12 heavy (non-hydrogen) atoms. The van der Waals surface area contributed by atoms with Crippen molar-refractivity contribution < 1.29 is 0 Å². The van der Waals surface area contributed by atoms with Gasteiger partial charge in [0, 0.05) is 25.5 Å². The van der Waals surface area contributed by atoms with E-state index in [1.807, 2.05) is 18.5 Å². The Kier molecular flexibility index (Phi) is 2.37. The molecule has 1 fully saturated rings. The van der Waals surface area contributed by atoms with E-state index in [0.29, 0.717) is 6.04 Å². The van der Waals surface area contributed by atoms with Gasteiger partial charge in [-0.25, -0.2) is 0 Å². The van der Waals surface area contributed by atoms with Gasteiger partial charge in [-0.1, -0.05) is 12.8 Å². The van der Waals surface area contributed by atoms with Gasteiger partial charge in [-0.2, -0.15) is 5.10 Å². The standard InChI is InChI=1S/C8H13N3S/c12-10-6-2-8(3-7-10)11-5-1-4-9-11/h1,4-5,8,12H,2-3,6-7H2. The van der Waals surface area contributed by atoms with Crippen LogP contribution in [0.5, 0.6) is 0 Å². The second-order valence-corrected chi connectivity index (χ2v) is 3.74. The fourth-order valence-electron chi connectivity index (χ4n) is 1.61. The smallest absolute Gasteiger partial charge is 0.0544 e. The molecule has 1 aliphatic rings. The van der Waals surface area contributed by atoms with E-state index in [0.717, 1.165) is 25.9 Å². The van der Waals surface area contributed by atoms with Crippen molar-refractivity contribution in [2.24, 2.45) is 0 Å². The number of aromatic nitrogens is 2. The van der Waals surface area contributed by atoms with Crippen molar-refractivity contribution in [1.82, 2.24) is 14.1 Å². The van der Waals surface area contributed by atoms with Gasteiger partial charge in [0.25, 0.3) is 0 Å². The Morgan fingerprint density at radius 3 is 2.67 bits per heavy atom. The molecule has 0 spiro atoms. The SMILES string of the molecule is SN1CCC(n2cccn2)CC1. The van der Waals surface area contributed by atoms with Crippen LogP contribution < -0.4 is 0 Å². The highest BCUT2D eigenvalue weighted by atomic mass is 32.1. The molecule has 4 heteroatoms. The second kappa shape index (κ2) is 3.49. The van der Waals surface area contributed by atoms with E-state index in [4.69, 9.17) is 0 Å². The van der Waals surface area contributed by atoms with Crippen molar-refractivity contribution in [2.45, 2.75) is 18.9 Å². The Morgan fingerprint density at radius 1 is 1.33 bits per heavy atom. The average molecular weight is 183 g/mol. The van der Waals surface area contributed by atoms with E-state index < -0.39 is 0 Å². The summed E-state index contributed by atoms with van der Waals surface area (Å²) in [6.07, 6.45) is 6.20. The summed E-state index contributed by atoms with van der Waals surface area (Å²) in [5.41, 5.74) is 0. The van der Waals surface area contributed by atoms with Crippen LogP contribution in [0.25, 0.3) is 0 Å². The molecule has 1 aliphatic heterocycles. The molecule has 0 atom stereocenters. The van der Waals surface area contributed by atoms with Gasteiger partial charge in [0.2, 0.25) is 0 Å². The van der Waals surface area contributed by atoms with Crippen molar-refractivity contribution in [3.05, 3.63) is 18.5 Å². The van der Waals surface area contributed by atoms with E-state index in [9.17, 15) is 0 Å². The molecule has 1 aromatic heterocycles. The summed E-state index contributed by atoms with van der Waals surface area (Å²) in [5.74, 6) is 0. The first-order valence-electron chi connectivity index (χ1n) is 4.29. The number of hydrogen-bond acceptors (Lipinski definition) is 3. The Bertz CT molecular complexity index is 226. The van der Waals surface area contributed by atoms with Crippen molar-refractivity contribution in [1.29, 1.82) is 0 Å². The van der Waals surface area contributed by atoms with Gasteiger partial charge in [-0.05, 0) is 18.9 Å². The molecule has 2 heterocycles. The van der Waals surface area contributed by atoms with Gasteiger partial charge >= 0.3 is 0 Å². The molecule has 0 bridgehead atoms. The first-order valence-corrected chi connectivity index (χ1v) is 4.69. The maximum atomic E-state index is 4.30. The first kappa shape index (κ1) is 8.13. The lowest BCUT2D eigenvalue weighted by molar-refractivity contribution is 0.278. The van der Waals surface area contributed by atoms with Gasteiger partial charge in [0.15, 0.2) is 0 Å². The van der Waals surface area contributed by atoms with Crippen molar-refractivity contribution in [3.63, 3.8) is 0 Å². The Balaban J connectivity index is 1.99. The van der Waals surface area contributed by atoms with Crippen LogP contribution in [0.3, 0.4) is 0 Å². The second-order valence-electron chi connectivity index (χ2n) is 3.17. The highest BCUT2D eigenvalue weighted by Crippen LogP contribution is 2.21. The predicted octanol–water partition coefficient (Wildman–Crippen LogP) is 1.36. The van der Waals surface area contributed by atoms with Crippen molar-refractivity contribution in [3.8, 4) is 0 Å². The Morgan fingerprint density at radius 2 is 2.08 bits per heavy atom. The van der Waals surface area contributed by atoms with Crippen LogP contribution in [0.2, 0.25) is 0 Å². The molecule has 0 saturated carbocycles. The number of nitrogens with zero attached hydrogens (tertiary/aromatic N) is 3. The molecule has 66 valence electrons. The number of hydrogen-bond donors (Lipinski definition) is 1. The van der Waals surface area contributed by atoms with E-state index in [2.05, 4.69) is 26.9 Å². The molecule has 0 N–H and O–H groups in total. The van der Waals surface area contributed by atoms with Gasteiger partial charge < -0.3 is 0 Å². The van der Waals surface area contributed by atoms with Gasteiger partial charge in [0.05, 0.1) is 6.04 Å². The first-order chi connectivity index (χ1) is 5.86. The lowest BCUT2D eigenvalue weighted by Crippen LogP contribution is -2.28. The molecule has 0 amide bonds. The average Bonchev–Trinajstić information content (AvgIpc) is 2.58. The van der Waals surface area contributed by atoms with E-state index in [1.165, 1.54) is 0 Å². The van der Waals surface area contributed by atoms with Crippen LogP contribution in [-0.4, -0.2) is 27.2 Å². The summed E-state index contributed by atoms with van der Waals surface area (Å²) < 4.78 is 4.13. The largest absolute Gasteiger partial charge is 0.270 e. The van der Waals surface area contributed by atoms with E-state index in [1.54, 1.807) is 0 Å². The summed E-state index contributed by atoms with van der Waals surface area (Å²) in [7, 11) is 0. The lowest BCUT2D eigenvalue weighted by atomic mass is 10.1. The normalized spacial score (nSPS) is 21.4. The highest BCUT2D eigenvalue weighted by molar-refractivity contribution is 7.77. The van der Waals surface area contributed by atoms with Crippen LogP contribution in [0.4, 0.5) is 0 Å². The molecular formula is C8H13N3S. The maximum absolute atomic E-state index is 4.30. The summed E-state index contributed by atoms with van der Waals surface area (Å²) in [6, 6.07) is 2.57. The zero-order valence-electron chi connectivity index (χ0n) is 6.93. The topological polar surface area (TPSA) is 21.1 Å². The zero-order valence-corrected chi connectivity index (χ0v) is 7.82. The van der Waals surface area contributed by atoms with Gasteiger partial charge in [-0.3, -0.25) is 8.99 Å². The maximum Gasteiger partial charge on any atom is 0.0544 e. The Labute approximate surface area is 77.9 Å². The predicted molar refractivity (Wildman–Crippen MR) is 51.1 cm³/mol. The fraction of sp³-hybridized carbons (Fsp3) is 0.625. The molecule has 0 aliphatic carbocycles. The minimum atomic E-state index is 0.586. The number of rotatable bonds is 1. The van der Waals surface area contributed by atoms with Crippen LogP contribution in [0.1, 0.15) is 18.9 Å². The monoisotopic (exact) mass is 183 g/mol. The third-order valence-electron chi connectivity index (χ3n) is 2.34. The van der Waals surface area contributed by atoms with Crippen molar-refractivity contribution >= 4 is 12.8 Å². The summed E-state index contributed by atoms with van der Waals surface area (Å²) in [5, 5.41) is 4.24. The zero-order chi connectivity index (χ0) is 8.39. The van der Waals surface area contributed by atoms with E-state index in [-0.39, 0.29) is 0 Å². The minimum absolute atomic E-state index is 0.586. The summed E-state index contributed by atoms with van der Waals surface area (Å²) in [6.45, 7) is 2.13. The molecule has 0 unspecified atom stereocenters. The van der Waals surface area contributed by atoms with Crippen molar-refractivity contribution in [2.75, 3.05) is 13.1 Å². The third kappa shape index (κ3) is 1.64. The highest BCUT2D eigenvalue weighted by Gasteiger charge is 2.18. The quantitative estimate of drug-likeness (QED) is 0.664. The van der Waals surface area contributed by atoms with Crippen LogP contribution >= 0.6 is 12.8 Å². The van der Waals surface area contributed by atoms with E-state index >= 15 is 0 Å². The molecule has 0 radical (unpaired) electrons. The minimum Gasteiger partial charge on any atom is -0.270 e. The number of piperidine rings is 1. The molecule has 2 rings (SSSR count). The lowest BCUT2D eigenvalue weighted by Gasteiger charge is -2.27. The van der Waals surface area contributed by atoms with Crippen LogP contribution in [0.15, 0.2) is 18.5 Å².